The van der Waals surface area contributed by atoms with Gasteiger partial charge in [-0.05, 0) is 50.7 Å². The second kappa shape index (κ2) is 4.71. The van der Waals surface area contributed by atoms with Crippen LogP contribution in [-0.2, 0) is 0 Å². The summed E-state index contributed by atoms with van der Waals surface area (Å²) in [4.78, 5) is 12.5. The van der Waals surface area contributed by atoms with Gasteiger partial charge in [0.15, 0.2) is 5.82 Å². The van der Waals surface area contributed by atoms with E-state index in [1.54, 1.807) is 12.4 Å². The summed E-state index contributed by atoms with van der Waals surface area (Å²) in [5.41, 5.74) is 0.705. The van der Waals surface area contributed by atoms with Gasteiger partial charge in [0, 0.05) is 16.9 Å². The van der Waals surface area contributed by atoms with E-state index < -0.39 is 0 Å². The fourth-order valence-corrected chi connectivity index (χ4v) is 1.60. The SMILES string of the molecule is Clc1nc(-c2ccc(Br)cn2)ncc1I. The van der Waals surface area contributed by atoms with Crippen molar-refractivity contribution in [2.24, 2.45) is 0 Å². The second-order valence-corrected chi connectivity index (χ2v) is 5.13. The number of aromatic nitrogens is 3. The van der Waals surface area contributed by atoms with Gasteiger partial charge in [0.2, 0.25) is 0 Å². The largest absolute Gasteiger partial charge is 0.252 e. The molecule has 0 atom stereocenters. The van der Waals surface area contributed by atoms with Crippen LogP contribution in [-0.4, -0.2) is 15.0 Å². The van der Waals surface area contributed by atoms with Crippen molar-refractivity contribution < 1.29 is 0 Å². The Morgan fingerprint density at radius 3 is 2.60 bits per heavy atom. The summed E-state index contributed by atoms with van der Waals surface area (Å²) in [7, 11) is 0. The van der Waals surface area contributed by atoms with Crippen molar-refractivity contribution in [2.45, 2.75) is 0 Å². The summed E-state index contributed by atoms with van der Waals surface area (Å²) in [6.07, 6.45) is 3.37. The van der Waals surface area contributed by atoms with Crippen LogP contribution < -0.4 is 0 Å². The molecule has 2 aromatic rings. The van der Waals surface area contributed by atoms with Crippen molar-refractivity contribution in [2.75, 3.05) is 0 Å². The molecule has 0 unspecified atom stereocenters. The lowest BCUT2D eigenvalue weighted by atomic mass is 10.3. The van der Waals surface area contributed by atoms with Crippen molar-refractivity contribution >= 4 is 50.1 Å². The molecule has 2 aromatic heterocycles. The summed E-state index contributed by atoms with van der Waals surface area (Å²) >= 11 is 11.3. The van der Waals surface area contributed by atoms with E-state index in [1.807, 2.05) is 12.1 Å². The Kier molecular flexibility index (Phi) is 3.53. The van der Waals surface area contributed by atoms with Crippen LogP contribution in [0.4, 0.5) is 0 Å². The molecule has 0 saturated heterocycles. The minimum Gasteiger partial charge on any atom is -0.252 e. The Labute approximate surface area is 114 Å². The molecule has 0 saturated carbocycles. The molecule has 0 bridgehead atoms. The van der Waals surface area contributed by atoms with Gasteiger partial charge in [0.25, 0.3) is 0 Å². The number of hydrogen-bond acceptors (Lipinski definition) is 3. The van der Waals surface area contributed by atoms with Gasteiger partial charge < -0.3 is 0 Å². The molecule has 0 aromatic carbocycles. The van der Waals surface area contributed by atoms with E-state index in [9.17, 15) is 0 Å². The van der Waals surface area contributed by atoms with Gasteiger partial charge in [-0.15, -0.1) is 0 Å². The first-order chi connectivity index (χ1) is 7.16. The van der Waals surface area contributed by atoms with Crippen LogP contribution in [0.1, 0.15) is 0 Å². The minimum atomic E-state index is 0.449. The predicted octanol–water partition coefficient (Wildman–Crippen LogP) is 3.56. The summed E-state index contributed by atoms with van der Waals surface area (Å²) in [5.74, 6) is 0.535. The smallest absolute Gasteiger partial charge is 0.179 e. The third kappa shape index (κ3) is 2.64. The number of nitrogens with zero attached hydrogens (tertiary/aromatic N) is 3. The molecule has 0 aliphatic rings. The molecule has 0 amide bonds. The molecule has 0 radical (unpaired) electrons. The topological polar surface area (TPSA) is 38.7 Å². The maximum absolute atomic E-state index is 5.90. The zero-order valence-corrected chi connectivity index (χ0v) is 11.8. The third-order valence-corrected chi connectivity index (χ3v) is 3.52. The highest BCUT2D eigenvalue weighted by Gasteiger charge is 2.05. The zero-order valence-electron chi connectivity index (χ0n) is 7.28. The van der Waals surface area contributed by atoms with E-state index in [0.717, 1.165) is 8.04 Å². The quantitative estimate of drug-likeness (QED) is 0.547. The fraction of sp³-hybridized carbons (Fsp3) is 0. The van der Waals surface area contributed by atoms with Crippen molar-refractivity contribution in [3.63, 3.8) is 0 Å². The van der Waals surface area contributed by atoms with E-state index in [-0.39, 0.29) is 0 Å². The van der Waals surface area contributed by atoms with Gasteiger partial charge in [-0.1, -0.05) is 11.6 Å². The van der Waals surface area contributed by atoms with Gasteiger partial charge in [-0.2, -0.15) is 0 Å². The van der Waals surface area contributed by atoms with Crippen LogP contribution in [0.15, 0.2) is 29.0 Å². The number of rotatable bonds is 1. The Morgan fingerprint density at radius 1 is 1.20 bits per heavy atom. The molecular weight excluding hydrogens is 392 g/mol. The summed E-state index contributed by atoms with van der Waals surface area (Å²) in [5, 5.41) is 0.449. The lowest BCUT2D eigenvalue weighted by Crippen LogP contribution is -1.93. The van der Waals surface area contributed by atoms with Crippen molar-refractivity contribution in [1.82, 2.24) is 15.0 Å². The van der Waals surface area contributed by atoms with Crippen molar-refractivity contribution in [3.05, 3.63) is 37.7 Å². The van der Waals surface area contributed by atoms with Crippen molar-refractivity contribution in [3.8, 4) is 11.5 Å². The van der Waals surface area contributed by atoms with Crippen LogP contribution in [0.5, 0.6) is 0 Å². The standard InChI is InChI=1S/C9H4BrClIN3/c10-5-1-2-7(13-3-5)9-14-4-6(12)8(11)15-9/h1-4H. The number of hydrogen-bond donors (Lipinski definition) is 0. The zero-order chi connectivity index (χ0) is 10.8. The maximum Gasteiger partial charge on any atom is 0.179 e. The third-order valence-electron chi connectivity index (χ3n) is 1.66. The first-order valence-electron chi connectivity index (χ1n) is 3.97. The van der Waals surface area contributed by atoms with E-state index in [0.29, 0.717) is 16.7 Å². The highest BCUT2D eigenvalue weighted by molar-refractivity contribution is 14.1. The second-order valence-electron chi connectivity index (χ2n) is 2.69. The molecule has 2 heterocycles. The Hall–Kier alpha value is -0.270. The minimum absolute atomic E-state index is 0.449. The molecule has 0 N–H and O–H groups in total. The molecule has 0 aliphatic carbocycles. The first kappa shape index (κ1) is 11.2. The summed E-state index contributed by atoms with van der Waals surface area (Å²) in [6.45, 7) is 0. The molecule has 3 nitrogen and oxygen atoms in total. The molecule has 0 fully saturated rings. The van der Waals surface area contributed by atoms with Crippen LogP contribution in [0, 0.1) is 3.57 Å². The molecule has 6 heteroatoms. The van der Waals surface area contributed by atoms with Gasteiger partial charge in [0.1, 0.15) is 10.8 Å². The molecule has 2 rings (SSSR count). The van der Waals surface area contributed by atoms with Crippen LogP contribution in [0.25, 0.3) is 11.5 Å². The predicted molar refractivity (Wildman–Crippen MR) is 70.7 cm³/mol. The lowest BCUT2D eigenvalue weighted by molar-refractivity contribution is 1.12. The van der Waals surface area contributed by atoms with E-state index >= 15 is 0 Å². The van der Waals surface area contributed by atoms with E-state index in [4.69, 9.17) is 11.6 Å². The average molecular weight is 396 g/mol. The van der Waals surface area contributed by atoms with Gasteiger partial charge in [0.05, 0.1) is 3.57 Å². The average Bonchev–Trinajstić information content (AvgIpc) is 2.23. The van der Waals surface area contributed by atoms with E-state index in [2.05, 4.69) is 53.5 Å². The van der Waals surface area contributed by atoms with Crippen molar-refractivity contribution in [1.29, 1.82) is 0 Å². The molecule has 15 heavy (non-hydrogen) atoms. The molecular formula is C9H4BrClIN3. The summed E-state index contributed by atoms with van der Waals surface area (Å²) < 4.78 is 1.75. The fourth-order valence-electron chi connectivity index (χ4n) is 0.978. The first-order valence-corrected chi connectivity index (χ1v) is 6.22. The highest BCUT2D eigenvalue weighted by Crippen LogP contribution is 2.19. The summed E-state index contributed by atoms with van der Waals surface area (Å²) in [6, 6.07) is 3.72. The lowest BCUT2D eigenvalue weighted by Gasteiger charge is -2.00. The molecule has 0 spiro atoms. The van der Waals surface area contributed by atoms with Crippen LogP contribution in [0.2, 0.25) is 5.15 Å². The Bertz CT molecular complexity index is 489. The molecule has 0 aliphatic heterocycles. The highest BCUT2D eigenvalue weighted by atomic mass is 127. The van der Waals surface area contributed by atoms with Crippen LogP contribution >= 0.6 is 50.1 Å². The Morgan fingerprint density at radius 2 is 2.00 bits per heavy atom. The molecule has 76 valence electrons. The van der Waals surface area contributed by atoms with E-state index in [1.165, 1.54) is 0 Å². The maximum atomic E-state index is 5.90. The van der Waals surface area contributed by atoms with Crippen LogP contribution in [0.3, 0.4) is 0 Å². The Balaban J connectivity index is 2.45. The monoisotopic (exact) mass is 395 g/mol. The van der Waals surface area contributed by atoms with Gasteiger partial charge >= 0.3 is 0 Å². The van der Waals surface area contributed by atoms with Gasteiger partial charge in [-0.3, -0.25) is 4.98 Å². The normalized spacial score (nSPS) is 10.3. The number of pyridine rings is 1. The number of halogens is 3. The van der Waals surface area contributed by atoms with Gasteiger partial charge in [-0.25, -0.2) is 9.97 Å².